The molecule has 0 heterocycles. The maximum Gasteiger partial charge on any atom is 2.00 e. The molecule has 0 bridgehead atoms. The van der Waals surface area contributed by atoms with Crippen LogP contribution in [0.15, 0.2) is 18.2 Å². The van der Waals surface area contributed by atoms with E-state index >= 15 is 0 Å². The monoisotopic (exact) mass is 425 g/mol. The van der Waals surface area contributed by atoms with Crippen LogP contribution in [0.1, 0.15) is 68.9 Å². The van der Waals surface area contributed by atoms with Gasteiger partial charge >= 0.3 is 23.2 Å². The first-order chi connectivity index (χ1) is 11.5. The third-order valence-corrected chi connectivity index (χ3v) is 4.62. The van der Waals surface area contributed by atoms with Gasteiger partial charge in [0.1, 0.15) is 5.75 Å². The van der Waals surface area contributed by atoms with Gasteiger partial charge in [-0.15, -0.1) is 0 Å². The molecule has 6 heteroatoms. The number of alkyl halides is 3. The van der Waals surface area contributed by atoms with Crippen molar-refractivity contribution in [2.75, 3.05) is 6.61 Å². The normalized spacial score (nSPS) is 15.9. The molecule has 0 aliphatic heterocycles. The molecule has 0 radical (unpaired) electrons. The molecule has 1 aromatic rings. The van der Waals surface area contributed by atoms with Crippen LogP contribution in [0.25, 0.3) is 0 Å². The predicted molar refractivity (Wildman–Crippen MR) is 99.5 cm³/mol. The maximum absolute atomic E-state index is 12.8. The largest absolute Gasteiger partial charge is 2.00 e. The zero-order chi connectivity index (χ0) is 17.4. The molecule has 2 aliphatic carbocycles. The van der Waals surface area contributed by atoms with Crippen molar-refractivity contribution in [3.8, 4) is 11.8 Å². The Labute approximate surface area is 173 Å². The summed E-state index contributed by atoms with van der Waals surface area (Å²) in [4.78, 5) is 0. The minimum Gasteiger partial charge on any atom is -0.493 e. The smallest absolute Gasteiger partial charge is 0.493 e. The molecule has 1 aromatic carbocycles. The maximum atomic E-state index is 12.8. The Morgan fingerprint density at radius 2 is 1.48 bits per heavy atom. The molecule has 2 saturated carbocycles. The minimum absolute atomic E-state index is 0. The summed E-state index contributed by atoms with van der Waals surface area (Å²) in [5, 5.41) is 8.75. The summed E-state index contributed by atoms with van der Waals surface area (Å²) in [5.41, 5.74) is -0.640. The molecule has 2 fully saturated rings. The Kier molecular flexibility index (Phi) is 14.4. The second-order valence-electron chi connectivity index (χ2n) is 6.55. The average molecular weight is 425 g/mol. The summed E-state index contributed by atoms with van der Waals surface area (Å²) in [6, 6.07) is 5.05. The number of halogens is 3. The van der Waals surface area contributed by atoms with Gasteiger partial charge in [-0.25, -0.2) is 0 Å². The van der Waals surface area contributed by atoms with E-state index in [1.165, 1.54) is 32.1 Å². The van der Waals surface area contributed by atoms with E-state index in [0.29, 0.717) is 5.92 Å². The number of nitriles is 1. The van der Waals surface area contributed by atoms with Crippen molar-refractivity contribution in [3.05, 3.63) is 44.2 Å². The zero-order valence-corrected chi connectivity index (χ0v) is 17.3. The summed E-state index contributed by atoms with van der Waals surface area (Å²) >= 11 is 0. The van der Waals surface area contributed by atoms with Crippen molar-refractivity contribution in [1.82, 2.24) is 0 Å². The third kappa shape index (κ3) is 9.53. The van der Waals surface area contributed by atoms with Gasteiger partial charge < -0.3 is 19.6 Å². The predicted octanol–water partition coefficient (Wildman–Crippen LogP) is 6.99. The van der Waals surface area contributed by atoms with Gasteiger partial charge in [-0.05, 0) is 37.0 Å². The fourth-order valence-electron chi connectivity index (χ4n) is 3.21. The molecular weight excluding hydrogens is 395 g/mol. The molecule has 0 unspecified atom stereocenters. The number of hydrogen-bond donors (Lipinski definition) is 0. The van der Waals surface area contributed by atoms with Gasteiger partial charge in [0.15, 0.2) is 0 Å². The molecule has 0 spiro atoms. The van der Waals surface area contributed by atoms with Crippen molar-refractivity contribution in [3.63, 3.8) is 0 Å². The van der Waals surface area contributed by atoms with E-state index in [0.717, 1.165) is 43.9 Å². The number of hydrogen-bond acceptors (Lipinski definition) is 2. The molecule has 3 rings (SSSR count). The summed E-state index contributed by atoms with van der Waals surface area (Å²) in [6.07, 6.45) is 7.26. The van der Waals surface area contributed by atoms with Crippen molar-refractivity contribution in [2.24, 2.45) is 5.92 Å². The summed E-state index contributed by atoms with van der Waals surface area (Å²) in [7, 11) is 0. The fraction of sp³-hybridized carbons (Fsp3) is 0.571. The SMILES string of the molecule is C1CCCC1.N#Cc1ccc(C(F)(F)F)c(OCC2CCCC2)c1.[CH3-].[CH3-].[Fe+2]. The van der Waals surface area contributed by atoms with Crippen LogP contribution in [0.5, 0.6) is 5.75 Å². The van der Waals surface area contributed by atoms with Crippen LogP contribution >= 0.6 is 0 Å². The van der Waals surface area contributed by atoms with E-state index in [1.54, 1.807) is 0 Å². The molecule has 154 valence electrons. The number of rotatable bonds is 3. The second kappa shape index (κ2) is 13.9. The molecule has 0 aromatic heterocycles. The first-order valence-corrected chi connectivity index (χ1v) is 8.75. The Morgan fingerprint density at radius 3 is 1.93 bits per heavy atom. The topological polar surface area (TPSA) is 33.0 Å². The van der Waals surface area contributed by atoms with E-state index in [4.69, 9.17) is 10.00 Å². The van der Waals surface area contributed by atoms with Crippen molar-refractivity contribution in [1.29, 1.82) is 5.26 Å². The van der Waals surface area contributed by atoms with Crippen molar-refractivity contribution in [2.45, 2.75) is 64.0 Å². The van der Waals surface area contributed by atoms with E-state index in [9.17, 15) is 13.2 Å². The van der Waals surface area contributed by atoms with E-state index in [-0.39, 0.29) is 49.8 Å². The van der Waals surface area contributed by atoms with E-state index in [2.05, 4.69) is 0 Å². The summed E-state index contributed by atoms with van der Waals surface area (Å²) in [5.74, 6) is 0.0882. The Morgan fingerprint density at radius 1 is 0.963 bits per heavy atom. The standard InChI is InChI=1S/C14H14F3NO.C5H10.2CH3.Fe/c15-14(16,17)12-6-5-11(8-18)7-13(12)19-9-10-3-1-2-4-10;1-2-4-5-3-1;;;/h5-7,10H,1-4,9H2;1-5H2;2*1H3;/q;;2*-1;+2. The molecule has 27 heavy (non-hydrogen) atoms. The number of nitrogens with zero attached hydrogens (tertiary/aromatic N) is 1. The van der Waals surface area contributed by atoms with Crippen LogP contribution in [-0.2, 0) is 23.2 Å². The molecule has 2 aliphatic rings. The zero-order valence-electron chi connectivity index (χ0n) is 16.2. The van der Waals surface area contributed by atoms with Crippen LogP contribution in [0.4, 0.5) is 13.2 Å². The van der Waals surface area contributed by atoms with Crippen LogP contribution in [0.2, 0.25) is 0 Å². The van der Waals surface area contributed by atoms with Gasteiger partial charge in [0.2, 0.25) is 0 Å². The summed E-state index contributed by atoms with van der Waals surface area (Å²) in [6.45, 7) is 0.290. The van der Waals surface area contributed by atoms with Gasteiger partial charge in [0.05, 0.1) is 23.8 Å². The van der Waals surface area contributed by atoms with E-state index in [1.807, 2.05) is 6.07 Å². The van der Waals surface area contributed by atoms with Gasteiger partial charge in [0.25, 0.3) is 0 Å². The Balaban J connectivity index is 0. The quantitative estimate of drug-likeness (QED) is 0.386. The van der Waals surface area contributed by atoms with Crippen molar-refractivity contribution < 1.29 is 35.0 Å². The molecule has 0 saturated heterocycles. The first kappa shape index (κ1) is 28.0. The van der Waals surface area contributed by atoms with Crippen molar-refractivity contribution >= 4 is 0 Å². The van der Waals surface area contributed by atoms with Crippen LogP contribution in [0, 0.1) is 32.1 Å². The fourth-order valence-corrected chi connectivity index (χ4v) is 3.21. The third-order valence-electron chi connectivity index (χ3n) is 4.62. The van der Waals surface area contributed by atoms with Crippen LogP contribution in [-0.4, -0.2) is 6.61 Å². The average Bonchev–Trinajstić information content (AvgIpc) is 3.27. The Bertz CT molecular complexity index is 552. The molecular formula is C21H30F3FeNO. The summed E-state index contributed by atoms with van der Waals surface area (Å²) < 4.78 is 43.8. The molecule has 0 amide bonds. The van der Waals surface area contributed by atoms with Gasteiger partial charge in [0, 0.05) is 0 Å². The minimum atomic E-state index is -4.46. The first-order valence-electron chi connectivity index (χ1n) is 8.75. The van der Waals surface area contributed by atoms with Gasteiger partial charge in [-0.3, -0.25) is 0 Å². The second-order valence-corrected chi connectivity index (χ2v) is 6.55. The molecule has 2 nitrogen and oxygen atoms in total. The molecule has 0 N–H and O–H groups in total. The van der Waals surface area contributed by atoms with Crippen LogP contribution < -0.4 is 4.74 Å². The van der Waals surface area contributed by atoms with E-state index < -0.39 is 11.7 Å². The Hall–Kier alpha value is -1.18. The molecule has 0 atom stereocenters. The number of benzene rings is 1. The van der Waals surface area contributed by atoms with Gasteiger partial charge in [-0.2, -0.15) is 18.4 Å². The van der Waals surface area contributed by atoms with Gasteiger partial charge in [-0.1, -0.05) is 44.9 Å². The van der Waals surface area contributed by atoms with Crippen LogP contribution in [0.3, 0.4) is 0 Å². The number of ether oxygens (including phenoxy) is 1.